The van der Waals surface area contributed by atoms with E-state index in [1.165, 1.54) is 157 Å². The van der Waals surface area contributed by atoms with Crippen molar-refractivity contribution in [2.45, 2.75) is 181 Å². The summed E-state index contributed by atoms with van der Waals surface area (Å²) in [6.07, 6.45) is 4.69. The fourth-order valence-electron chi connectivity index (χ4n) is 19.6. The first-order chi connectivity index (χ1) is 52.9. The maximum Gasteiger partial charge on any atom is 0.252 e. The van der Waals surface area contributed by atoms with Crippen LogP contribution in [-0.4, -0.2) is 15.8 Å². The highest BCUT2D eigenvalue weighted by Crippen LogP contribution is 2.53. The van der Waals surface area contributed by atoms with Gasteiger partial charge < -0.3 is 18.9 Å². The Morgan fingerprint density at radius 2 is 0.613 bits per heavy atom. The predicted molar refractivity (Wildman–Crippen MR) is 478 cm³/mol. The molecule has 2 aliphatic heterocycles. The monoisotopic (exact) mass is 1440 g/mol. The van der Waals surface area contributed by atoms with Crippen LogP contribution in [0.1, 0.15) is 182 Å². The summed E-state index contributed by atoms with van der Waals surface area (Å²) >= 11 is 0. The van der Waals surface area contributed by atoms with Crippen molar-refractivity contribution in [2.75, 3.05) is 9.80 Å². The van der Waals surface area contributed by atoms with E-state index in [-0.39, 0.29) is 44.6 Å². The Kier molecular flexibility index (Phi) is 15.8. The molecule has 0 fully saturated rings. The molecule has 0 atom stereocenters. The second-order valence-electron chi connectivity index (χ2n) is 38.7. The van der Waals surface area contributed by atoms with Gasteiger partial charge in [0.25, 0.3) is 6.71 Å². The molecule has 0 bridgehead atoms. The van der Waals surface area contributed by atoms with Gasteiger partial charge in [0.05, 0.1) is 27.8 Å². The Morgan fingerprint density at radius 1 is 0.252 bits per heavy atom. The number of para-hydroxylation sites is 1. The molecule has 0 amide bonds. The molecule has 0 spiro atoms. The number of anilines is 6. The van der Waals surface area contributed by atoms with Gasteiger partial charge in [-0.2, -0.15) is 0 Å². The number of hydrogen-bond acceptors (Lipinski definition) is 2. The molecule has 2 aliphatic carbocycles. The second-order valence-corrected chi connectivity index (χ2v) is 38.7. The molecule has 0 N–H and O–H groups in total. The molecule has 4 aliphatic rings. The topological polar surface area (TPSA) is 16.3 Å². The van der Waals surface area contributed by atoms with Gasteiger partial charge in [0.1, 0.15) is 0 Å². The number of aromatic nitrogens is 2. The Hall–Kier alpha value is -10.9. The van der Waals surface area contributed by atoms with Crippen molar-refractivity contribution in [1.29, 1.82) is 0 Å². The number of benzene rings is 13. The van der Waals surface area contributed by atoms with E-state index in [2.05, 4.69) is 404 Å². The van der Waals surface area contributed by atoms with Crippen molar-refractivity contribution in [3.63, 3.8) is 0 Å². The minimum Gasteiger partial charge on any atom is -0.311 e. The van der Waals surface area contributed by atoms with Gasteiger partial charge in [-0.15, -0.1) is 0 Å². The zero-order valence-corrected chi connectivity index (χ0v) is 68.1. The van der Waals surface area contributed by atoms with Crippen LogP contribution in [-0.2, 0) is 37.9 Å². The SMILES string of the molecule is CC(C)(C)c1cccc(-c2ccc3c(c2)N(c2ccc(-c4ccc5c(c4)C(C)(C)CCC5(C)C)cc2)c2cc(-n4c5ccccc5c5cc(-c6ccccc6)ccc54)cc4c2B3c2ccc(-n3c5ccc(C(C)(C)C)cc5c5cc(C(C)(C)C)ccc53)cc2N4c2ccc(-c3ccc4c(c3)C(C)(C)CCC4(C)C)cc2)c1. The highest BCUT2D eigenvalue weighted by Gasteiger charge is 2.46. The summed E-state index contributed by atoms with van der Waals surface area (Å²) in [5.41, 5.74) is 37.4. The summed E-state index contributed by atoms with van der Waals surface area (Å²) in [5, 5.41) is 4.99. The van der Waals surface area contributed by atoms with E-state index < -0.39 is 0 Å². The molecule has 0 unspecified atom stereocenters. The van der Waals surface area contributed by atoms with Gasteiger partial charge in [0.2, 0.25) is 0 Å². The first kappa shape index (κ1) is 70.5. The maximum absolute atomic E-state index is 2.65. The Labute approximate surface area is 658 Å². The fraction of sp³-hybridized carbons (Fsp3) is 0.264. The zero-order chi connectivity index (χ0) is 77.0. The standard InChI is InChI=1S/C106H103BN4/c1-100(2,3)74-27-23-26-69(56-74)73-36-47-89-95(60-73)108(77-40-30-67(31-41-77)71-34-45-85-87(58-71)105(14,15)54-52-103(85,10)11)97-64-80(111-91-29-22-21-28-81(91)82-57-70(37-49-92(82)111)66-24-19-18-20-25-66)65-98-99(97)107(89)90-48-44-79(110-93-50-38-75(101(4,5)6)61-83(93)84-62-76(102(7,8)9)39-51-94(84)110)63-96(90)109(98)78-42-32-68(33-43-78)72-35-46-86-88(59-72)106(16,17)55-53-104(86,12)13/h18-51,56-65H,52-55H2,1-17H3. The number of nitrogens with zero attached hydrogens (tertiary/aromatic N) is 4. The summed E-state index contributed by atoms with van der Waals surface area (Å²) in [6.45, 7) is 40.3. The molecule has 13 aromatic carbocycles. The molecule has 5 heteroatoms. The van der Waals surface area contributed by atoms with E-state index in [0.717, 1.165) is 57.3 Å². The lowest BCUT2D eigenvalue weighted by molar-refractivity contribution is 0.332. The van der Waals surface area contributed by atoms with Crippen LogP contribution in [0.15, 0.2) is 267 Å². The molecule has 4 heterocycles. The molecule has 15 aromatic rings. The predicted octanol–water partition coefficient (Wildman–Crippen LogP) is 27.2. The molecule has 0 radical (unpaired) electrons. The van der Waals surface area contributed by atoms with Crippen LogP contribution in [0.2, 0.25) is 0 Å². The van der Waals surface area contributed by atoms with Crippen LogP contribution >= 0.6 is 0 Å². The average Bonchev–Trinajstić information content (AvgIpc) is 1.37. The zero-order valence-electron chi connectivity index (χ0n) is 68.1. The van der Waals surface area contributed by atoms with E-state index in [9.17, 15) is 0 Å². The number of hydrogen-bond donors (Lipinski definition) is 0. The van der Waals surface area contributed by atoms with Gasteiger partial charge in [0, 0.05) is 61.4 Å². The van der Waals surface area contributed by atoms with E-state index in [4.69, 9.17) is 0 Å². The smallest absolute Gasteiger partial charge is 0.252 e. The van der Waals surface area contributed by atoms with Crippen molar-refractivity contribution in [3.05, 3.63) is 306 Å². The van der Waals surface area contributed by atoms with Crippen LogP contribution in [0.4, 0.5) is 34.1 Å². The molecular formula is C106H103BN4. The molecule has 550 valence electrons. The minimum absolute atomic E-state index is 0.0415. The van der Waals surface area contributed by atoms with Crippen LogP contribution in [0.5, 0.6) is 0 Å². The Morgan fingerprint density at radius 3 is 1.14 bits per heavy atom. The lowest BCUT2D eigenvalue weighted by Gasteiger charge is -2.44. The summed E-state index contributed by atoms with van der Waals surface area (Å²) in [4.78, 5) is 5.30. The lowest BCUT2D eigenvalue weighted by atomic mass is 9.33. The van der Waals surface area contributed by atoms with Crippen LogP contribution in [0.3, 0.4) is 0 Å². The first-order valence-electron chi connectivity index (χ1n) is 40.7. The summed E-state index contributed by atoms with van der Waals surface area (Å²) < 4.78 is 5.13. The van der Waals surface area contributed by atoms with E-state index >= 15 is 0 Å². The van der Waals surface area contributed by atoms with Crippen molar-refractivity contribution >= 4 is 101 Å². The maximum atomic E-state index is 2.65. The van der Waals surface area contributed by atoms with Gasteiger partial charge in [-0.25, -0.2) is 0 Å². The molecule has 4 nitrogen and oxygen atoms in total. The van der Waals surface area contributed by atoms with Crippen molar-refractivity contribution in [2.24, 2.45) is 0 Å². The molecule has 19 rings (SSSR count). The largest absolute Gasteiger partial charge is 0.311 e. The summed E-state index contributed by atoms with van der Waals surface area (Å²) in [5.74, 6) is 0. The van der Waals surface area contributed by atoms with Crippen molar-refractivity contribution in [1.82, 2.24) is 9.13 Å². The third-order valence-electron chi connectivity index (χ3n) is 26.5. The van der Waals surface area contributed by atoms with Gasteiger partial charge in [-0.3, -0.25) is 0 Å². The highest BCUT2D eigenvalue weighted by atomic mass is 15.2. The van der Waals surface area contributed by atoms with Crippen LogP contribution < -0.4 is 26.2 Å². The van der Waals surface area contributed by atoms with Crippen LogP contribution in [0.25, 0.3) is 99.5 Å². The normalized spacial score (nSPS) is 16.1. The van der Waals surface area contributed by atoms with Gasteiger partial charge in [0.15, 0.2) is 0 Å². The van der Waals surface area contributed by atoms with Gasteiger partial charge in [-0.05, 0) is 260 Å². The average molecular weight is 1440 g/mol. The van der Waals surface area contributed by atoms with E-state index in [1.807, 2.05) is 0 Å². The quantitative estimate of drug-likeness (QED) is 0.141. The molecule has 0 saturated carbocycles. The Balaban J connectivity index is 0.902. The van der Waals surface area contributed by atoms with Crippen molar-refractivity contribution in [3.8, 4) is 55.9 Å². The molecule has 111 heavy (non-hydrogen) atoms. The van der Waals surface area contributed by atoms with E-state index in [0.29, 0.717) is 0 Å². The summed E-state index contributed by atoms with van der Waals surface area (Å²) in [6, 6.07) is 105. The first-order valence-corrected chi connectivity index (χ1v) is 40.7. The van der Waals surface area contributed by atoms with E-state index in [1.54, 1.807) is 0 Å². The lowest BCUT2D eigenvalue weighted by Crippen LogP contribution is -2.61. The third kappa shape index (κ3) is 11.5. The number of rotatable bonds is 8. The fourth-order valence-corrected chi connectivity index (χ4v) is 19.6. The highest BCUT2D eigenvalue weighted by molar-refractivity contribution is 7.00. The van der Waals surface area contributed by atoms with Crippen LogP contribution in [0, 0.1) is 0 Å². The molecule has 0 saturated heterocycles. The Bertz CT molecular complexity index is 6250. The second kappa shape index (κ2) is 24.8. The number of fused-ring (bicyclic) bond motifs is 12. The van der Waals surface area contributed by atoms with Gasteiger partial charge >= 0.3 is 0 Å². The van der Waals surface area contributed by atoms with Gasteiger partial charge in [-0.1, -0.05) is 288 Å². The third-order valence-corrected chi connectivity index (χ3v) is 26.5. The molecular weight excluding hydrogens is 1340 g/mol. The molecule has 2 aromatic heterocycles. The minimum atomic E-state index is -0.177. The van der Waals surface area contributed by atoms with Crippen molar-refractivity contribution < 1.29 is 0 Å². The summed E-state index contributed by atoms with van der Waals surface area (Å²) in [7, 11) is 0.